The molecule has 3 aromatic rings. The molecule has 0 atom stereocenters. The van der Waals surface area contributed by atoms with Crippen molar-refractivity contribution in [3.8, 4) is 5.75 Å². The maximum Gasteiger partial charge on any atom is 0.315 e. The number of anilines is 1. The normalized spacial score (nSPS) is 13.9. The lowest BCUT2D eigenvalue weighted by atomic mass is 10.1. The highest BCUT2D eigenvalue weighted by atomic mass is 16.5. The van der Waals surface area contributed by atoms with Gasteiger partial charge in [0.1, 0.15) is 5.75 Å². The van der Waals surface area contributed by atoms with Gasteiger partial charge in [0.05, 0.1) is 6.42 Å². The zero-order valence-electron chi connectivity index (χ0n) is 14.6. The molecular weight excluding hydrogens is 344 g/mol. The molecule has 2 heterocycles. The molecule has 1 aliphatic heterocycles. The van der Waals surface area contributed by atoms with E-state index in [1.54, 1.807) is 35.2 Å². The lowest BCUT2D eigenvalue weighted by Gasteiger charge is -2.15. The summed E-state index contributed by atoms with van der Waals surface area (Å²) in [5.41, 5.74) is 1.58. The average molecular weight is 362 g/mol. The molecule has 1 N–H and O–H groups in total. The van der Waals surface area contributed by atoms with Crippen molar-refractivity contribution in [2.75, 3.05) is 11.4 Å². The molecule has 0 radical (unpaired) electrons. The number of H-pyrrole nitrogens is 1. The molecule has 0 spiro atoms. The number of carbonyl (C=O) groups excluding carboxylic acids is 2. The van der Waals surface area contributed by atoms with Crippen LogP contribution in [-0.4, -0.2) is 23.4 Å². The van der Waals surface area contributed by atoms with Gasteiger partial charge in [0.2, 0.25) is 5.91 Å². The second-order valence-electron chi connectivity index (χ2n) is 6.50. The van der Waals surface area contributed by atoms with Gasteiger partial charge in [-0.25, -0.2) is 0 Å². The van der Waals surface area contributed by atoms with Crippen molar-refractivity contribution < 1.29 is 14.3 Å². The van der Waals surface area contributed by atoms with E-state index in [0.717, 1.165) is 23.0 Å². The topological polar surface area (TPSA) is 79.5 Å². The van der Waals surface area contributed by atoms with Crippen LogP contribution in [0.25, 0.3) is 10.9 Å². The summed E-state index contributed by atoms with van der Waals surface area (Å²) >= 11 is 0. The summed E-state index contributed by atoms with van der Waals surface area (Å²) in [5, 5.41) is 0.861. The molecule has 2 aromatic carbocycles. The fourth-order valence-corrected chi connectivity index (χ4v) is 3.26. The smallest absolute Gasteiger partial charge is 0.315 e. The van der Waals surface area contributed by atoms with Crippen molar-refractivity contribution in [2.45, 2.75) is 19.3 Å². The lowest BCUT2D eigenvalue weighted by molar-refractivity contribution is -0.133. The molecule has 1 amide bonds. The van der Waals surface area contributed by atoms with Crippen LogP contribution in [0.15, 0.2) is 59.4 Å². The molecular formula is C21H18N2O4. The Morgan fingerprint density at radius 1 is 1.07 bits per heavy atom. The van der Waals surface area contributed by atoms with Crippen LogP contribution in [0, 0.1) is 0 Å². The van der Waals surface area contributed by atoms with Gasteiger partial charge in [-0.3, -0.25) is 14.4 Å². The summed E-state index contributed by atoms with van der Waals surface area (Å²) in [6.45, 7) is 0.711. The van der Waals surface area contributed by atoms with Gasteiger partial charge in [-0.15, -0.1) is 0 Å². The van der Waals surface area contributed by atoms with Crippen molar-refractivity contribution in [3.05, 3.63) is 70.5 Å². The predicted molar refractivity (Wildman–Crippen MR) is 102 cm³/mol. The zero-order chi connectivity index (χ0) is 18.8. The molecule has 27 heavy (non-hydrogen) atoms. The van der Waals surface area contributed by atoms with E-state index in [2.05, 4.69) is 4.98 Å². The van der Waals surface area contributed by atoms with Crippen LogP contribution in [0.2, 0.25) is 0 Å². The van der Waals surface area contributed by atoms with Crippen LogP contribution in [0.5, 0.6) is 5.75 Å². The van der Waals surface area contributed by atoms with Gasteiger partial charge in [-0.05, 0) is 48.2 Å². The molecule has 4 rings (SSSR count). The maximum atomic E-state index is 12.2. The minimum absolute atomic E-state index is 0.107. The number of esters is 1. The Labute approximate surface area is 155 Å². The third kappa shape index (κ3) is 3.60. The van der Waals surface area contributed by atoms with E-state index >= 15 is 0 Å². The van der Waals surface area contributed by atoms with E-state index in [1.165, 1.54) is 0 Å². The van der Waals surface area contributed by atoms with Gasteiger partial charge in [0.15, 0.2) is 0 Å². The Morgan fingerprint density at radius 2 is 1.85 bits per heavy atom. The summed E-state index contributed by atoms with van der Waals surface area (Å²) in [5.74, 6) is -0.0244. The lowest BCUT2D eigenvalue weighted by Crippen LogP contribution is -2.23. The second-order valence-corrected chi connectivity index (χ2v) is 6.50. The van der Waals surface area contributed by atoms with E-state index in [0.29, 0.717) is 24.3 Å². The third-order valence-corrected chi connectivity index (χ3v) is 4.62. The zero-order valence-corrected chi connectivity index (χ0v) is 14.6. The third-order valence-electron chi connectivity index (χ3n) is 4.62. The number of para-hydroxylation sites is 1. The summed E-state index contributed by atoms with van der Waals surface area (Å²) in [4.78, 5) is 40.6. The van der Waals surface area contributed by atoms with Crippen LogP contribution < -0.4 is 15.2 Å². The molecule has 0 aliphatic carbocycles. The minimum atomic E-state index is -0.513. The molecule has 6 heteroatoms. The number of hydrogen-bond donors (Lipinski definition) is 1. The van der Waals surface area contributed by atoms with Gasteiger partial charge in [-0.2, -0.15) is 0 Å². The maximum absolute atomic E-state index is 12.2. The Kier molecular flexibility index (Phi) is 4.46. The number of carbonyl (C=O) groups is 2. The highest BCUT2D eigenvalue weighted by Gasteiger charge is 2.21. The van der Waals surface area contributed by atoms with Crippen LogP contribution >= 0.6 is 0 Å². The molecule has 1 saturated heterocycles. The highest BCUT2D eigenvalue weighted by molar-refractivity contribution is 5.95. The Balaban J connectivity index is 1.46. The van der Waals surface area contributed by atoms with Gasteiger partial charge >= 0.3 is 5.97 Å². The number of nitrogens with one attached hydrogen (secondary N) is 1. The van der Waals surface area contributed by atoms with Gasteiger partial charge in [-0.1, -0.05) is 18.2 Å². The molecule has 0 saturated carbocycles. The number of ether oxygens (including phenoxy) is 1. The molecule has 0 bridgehead atoms. The number of pyridine rings is 1. The van der Waals surface area contributed by atoms with E-state index in [1.807, 2.05) is 24.3 Å². The summed E-state index contributed by atoms with van der Waals surface area (Å²) in [7, 11) is 0. The number of benzene rings is 2. The van der Waals surface area contributed by atoms with Crippen LogP contribution in [0.1, 0.15) is 18.4 Å². The standard InChI is InChI=1S/C21H18N2O4/c24-19-6-3-11-23(19)16-7-9-17(10-8-16)27-20(25)13-15-12-14-4-1-2-5-18(14)22-21(15)26/h1-2,4-5,7-10,12H,3,6,11,13H2,(H,22,26). The predicted octanol–water partition coefficient (Wildman–Crippen LogP) is 2.80. The van der Waals surface area contributed by atoms with Gasteiger partial charge < -0.3 is 14.6 Å². The first kappa shape index (κ1) is 17.0. The van der Waals surface area contributed by atoms with Crippen molar-refractivity contribution in [3.63, 3.8) is 0 Å². The first-order valence-corrected chi connectivity index (χ1v) is 8.82. The van der Waals surface area contributed by atoms with Crippen molar-refractivity contribution >= 4 is 28.5 Å². The molecule has 1 aliphatic rings. The summed E-state index contributed by atoms with van der Waals surface area (Å²) in [6, 6.07) is 15.9. The SMILES string of the molecule is O=C(Cc1cc2ccccc2[nH]c1=O)Oc1ccc(N2CCCC2=O)cc1. The first-order valence-electron chi connectivity index (χ1n) is 8.82. The Hall–Kier alpha value is -3.41. The van der Waals surface area contributed by atoms with Crippen LogP contribution in [0.4, 0.5) is 5.69 Å². The van der Waals surface area contributed by atoms with Crippen molar-refractivity contribution in [1.29, 1.82) is 0 Å². The van der Waals surface area contributed by atoms with Crippen molar-refractivity contribution in [2.24, 2.45) is 0 Å². The number of nitrogens with zero attached hydrogens (tertiary/aromatic N) is 1. The summed E-state index contributed by atoms with van der Waals surface area (Å²) in [6.07, 6.45) is 1.31. The van der Waals surface area contributed by atoms with E-state index in [-0.39, 0.29) is 17.9 Å². The number of amides is 1. The Morgan fingerprint density at radius 3 is 2.59 bits per heavy atom. The number of rotatable bonds is 4. The first-order chi connectivity index (χ1) is 13.1. The number of aromatic nitrogens is 1. The second kappa shape index (κ2) is 7.07. The highest BCUT2D eigenvalue weighted by Crippen LogP contribution is 2.24. The monoisotopic (exact) mass is 362 g/mol. The summed E-state index contributed by atoms with van der Waals surface area (Å²) < 4.78 is 5.33. The van der Waals surface area contributed by atoms with Crippen LogP contribution in [0.3, 0.4) is 0 Å². The average Bonchev–Trinajstić information content (AvgIpc) is 3.09. The van der Waals surface area contributed by atoms with Gasteiger partial charge in [0, 0.05) is 29.7 Å². The number of fused-ring (bicyclic) bond motifs is 1. The largest absolute Gasteiger partial charge is 0.426 e. The quantitative estimate of drug-likeness (QED) is 0.572. The van der Waals surface area contributed by atoms with E-state index < -0.39 is 5.97 Å². The minimum Gasteiger partial charge on any atom is -0.426 e. The molecule has 0 unspecified atom stereocenters. The number of aromatic amines is 1. The van der Waals surface area contributed by atoms with E-state index in [4.69, 9.17) is 4.74 Å². The fourth-order valence-electron chi connectivity index (χ4n) is 3.26. The Bertz CT molecular complexity index is 1070. The van der Waals surface area contributed by atoms with Gasteiger partial charge in [0.25, 0.3) is 5.56 Å². The molecule has 6 nitrogen and oxygen atoms in total. The van der Waals surface area contributed by atoms with Crippen LogP contribution in [-0.2, 0) is 16.0 Å². The number of hydrogen-bond acceptors (Lipinski definition) is 4. The molecule has 1 aromatic heterocycles. The molecule has 136 valence electrons. The van der Waals surface area contributed by atoms with Crippen molar-refractivity contribution in [1.82, 2.24) is 4.98 Å². The van der Waals surface area contributed by atoms with E-state index in [9.17, 15) is 14.4 Å². The fraction of sp³-hybridized carbons (Fsp3) is 0.190. The molecule has 1 fully saturated rings.